The van der Waals surface area contributed by atoms with Gasteiger partial charge in [0.1, 0.15) is 29.8 Å². The van der Waals surface area contributed by atoms with Crippen LogP contribution < -0.4 is 16.0 Å². The number of alkyl carbamates (subject to hydrolysis) is 1. The van der Waals surface area contributed by atoms with Gasteiger partial charge in [0.05, 0.1) is 14.2 Å². The lowest BCUT2D eigenvalue weighted by Gasteiger charge is -2.37. The average molecular weight is 784 g/mol. The number of nitrogens with zero attached hydrogens (tertiary/aromatic N) is 2. The standard InChI is InChI=1S/C20H35N3O4.C20H34N2O5.CH4.2H2/c1-18(2,3)14(21-17(26)22-19(4,5)6)15(24)23-10-11-12(20(11,7)8)13(23)16(25)27-9;1-18(2,3)14(21-17(25)27-19(4,5)6)15(23)22-10-11-12(20(11,7)8)13(22)16(24)26-9;;;/h11-14H,10H2,1-9H3,(H2,21,22,26);11-14H,10H2,1-9H3,(H,21,25);1H4;2*1H/t2*11-,12-,13-,14+;;;/m00.../s1. The third-order valence-corrected chi connectivity index (χ3v) is 11.5. The Hall–Kier alpha value is -3.58. The summed E-state index contributed by atoms with van der Waals surface area (Å²) in [6.45, 7) is 31.8. The monoisotopic (exact) mass is 784 g/mol. The summed E-state index contributed by atoms with van der Waals surface area (Å²) < 4.78 is 15.3. The number of piperidine rings is 2. The number of hydrogen-bond donors (Lipinski definition) is 3. The number of rotatable bonds is 6. The summed E-state index contributed by atoms with van der Waals surface area (Å²) in [7, 11) is 2.69. The van der Waals surface area contributed by atoms with Crippen molar-refractivity contribution in [2.75, 3.05) is 27.3 Å². The maximum Gasteiger partial charge on any atom is 0.408 e. The normalized spacial score (nSPS) is 26.9. The maximum atomic E-state index is 13.4. The Kier molecular flexibility index (Phi) is 13.6. The number of carbonyl (C=O) groups is 6. The minimum absolute atomic E-state index is 0. The second-order valence-electron chi connectivity index (χ2n) is 20.9. The fraction of sp³-hybridized carbons (Fsp3) is 0.854. The number of likely N-dealkylation sites (tertiary alicyclic amines) is 2. The molecule has 4 aliphatic rings. The lowest BCUT2D eigenvalue weighted by molar-refractivity contribution is -0.154. The van der Waals surface area contributed by atoms with Crippen LogP contribution in [0.4, 0.5) is 9.59 Å². The minimum Gasteiger partial charge on any atom is -0.467 e. The quantitative estimate of drug-likeness (QED) is 0.220. The predicted molar refractivity (Wildman–Crippen MR) is 215 cm³/mol. The number of ether oxygens (including phenoxy) is 3. The van der Waals surface area contributed by atoms with Crippen molar-refractivity contribution in [3.63, 3.8) is 0 Å². The topological polar surface area (TPSA) is 173 Å². The maximum absolute atomic E-state index is 13.4. The molecule has 14 nitrogen and oxygen atoms in total. The van der Waals surface area contributed by atoms with Crippen LogP contribution in [-0.4, -0.2) is 108 Å². The van der Waals surface area contributed by atoms with Crippen LogP contribution in [-0.2, 0) is 33.4 Å². The van der Waals surface area contributed by atoms with Gasteiger partial charge in [0, 0.05) is 33.3 Å². The fourth-order valence-electron chi connectivity index (χ4n) is 8.37. The Morgan fingerprint density at radius 2 is 0.982 bits per heavy atom. The van der Waals surface area contributed by atoms with Gasteiger partial charge < -0.3 is 40.0 Å². The second-order valence-corrected chi connectivity index (χ2v) is 20.9. The van der Waals surface area contributed by atoms with Crippen LogP contribution in [0.1, 0.15) is 121 Å². The Bertz CT molecular complexity index is 1380. The number of urea groups is 1. The number of esters is 2. The first-order chi connectivity index (χ1) is 24.2. The number of methoxy groups -OCH3 is 2. The number of fused-ring (bicyclic) bond motifs is 2. The largest absolute Gasteiger partial charge is 0.467 e. The van der Waals surface area contributed by atoms with Crippen LogP contribution in [0.25, 0.3) is 0 Å². The fourth-order valence-corrected chi connectivity index (χ4v) is 8.37. The lowest BCUT2D eigenvalue weighted by Crippen LogP contribution is -2.60. The van der Waals surface area contributed by atoms with Gasteiger partial charge in [0.2, 0.25) is 11.8 Å². The van der Waals surface area contributed by atoms with Gasteiger partial charge in [0.15, 0.2) is 0 Å². The Morgan fingerprint density at radius 3 is 1.27 bits per heavy atom. The van der Waals surface area contributed by atoms with Crippen molar-refractivity contribution >= 4 is 35.9 Å². The van der Waals surface area contributed by atoms with Gasteiger partial charge in [-0.15, -0.1) is 0 Å². The Morgan fingerprint density at radius 1 is 0.636 bits per heavy atom. The summed E-state index contributed by atoms with van der Waals surface area (Å²) in [5, 5.41) is 8.37. The summed E-state index contributed by atoms with van der Waals surface area (Å²) in [6.07, 6.45) is -0.643. The van der Waals surface area contributed by atoms with E-state index in [4.69, 9.17) is 14.2 Å². The van der Waals surface area contributed by atoms with Crippen LogP contribution >= 0.6 is 0 Å². The van der Waals surface area contributed by atoms with E-state index in [-0.39, 0.29) is 62.6 Å². The smallest absolute Gasteiger partial charge is 0.408 e. The molecule has 320 valence electrons. The molecule has 0 aromatic carbocycles. The molecule has 2 saturated carbocycles. The highest BCUT2D eigenvalue weighted by molar-refractivity contribution is 5.93. The molecule has 0 spiro atoms. The van der Waals surface area contributed by atoms with Crippen molar-refractivity contribution in [2.45, 2.75) is 154 Å². The predicted octanol–water partition coefficient (Wildman–Crippen LogP) is 5.86. The van der Waals surface area contributed by atoms with E-state index in [0.717, 1.165) is 0 Å². The average Bonchev–Trinajstić information content (AvgIpc) is 3.46. The van der Waals surface area contributed by atoms with Crippen molar-refractivity contribution < 1.29 is 45.8 Å². The Labute approximate surface area is 333 Å². The molecular weight excluding hydrogens is 706 g/mol. The van der Waals surface area contributed by atoms with E-state index in [9.17, 15) is 28.8 Å². The number of nitrogens with one attached hydrogen (secondary N) is 3. The molecule has 0 radical (unpaired) electrons. The van der Waals surface area contributed by atoms with E-state index < -0.39 is 64.2 Å². The molecule has 0 aromatic heterocycles. The van der Waals surface area contributed by atoms with E-state index in [1.807, 2.05) is 62.3 Å². The van der Waals surface area contributed by atoms with Crippen LogP contribution in [0, 0.1) is 45.3 Å². The number of amides is 5. The van der Waals surface area contributed by atoms with E-state index in [2.05, 4.69) is 43.6 Å². The molecule has 0 unspecified atom stereocenters. The van der Waals surface area contributed by atoms with Gasteiger partial charge in [-0.05, 0) is 75.0 Å². The zero-order chi connectivity index (χ0) is 41.9. The molecular formula is C41H77N5O9. The summed E-state index contributed by atoms with van der Waals surface area (Å²) in [6, 6.07) is -3.13. The van der Waals surface area contributed by atoms with Crippen LogP contribution in [0.5, 0.6) is 0 Å². The zero-order valence-corrected chi connectivity index (χ0v) is 36.1. The van der Waals surface area contributed by atoms with Crippen molar-refractivity contribution in [2.24, 2.45) is 45.3 Å². The molecule has 55 heavy (non-hydrogen) atoms. The first kappa shape index (κ1) is 47.6. The van der Waals surface area contributed by atoms with Gasteiger partial charge in [-0.1, -0.05) is 76.7 Å². The van der Waals surface area contributed by atoms with Crippen LogP contribution in [0.2, 0.25) is 0 Å². The van der Waals surface area contributed by atoms with Gasteiger partial charge in [-0.2, -0.15) is 0 Å². The third-order valence-electron chi connectivity index (χ3n) is 11.5. The van der Waals surface area contributed by atoms with Gasteiger partial charge in [0.25, 0.3) is 0 Å². The minimum atomic E-state index is -0.805. The van der Waals surface area contributed by atoms with E-state index in [1.54, 1.807) is 30.6 Å². The molecule has 5 amide bonds. The number of hydrogen-bond acceptors (Lipinski definition) is 9. The van der Waals surface area contributed by atoms with Gasteiger partial charge >= 0.3 is 24.1 Å². The molecule has 4 rings (SSSR count). The molecule has 2 heterocycles. The summed E-state index contributed by atoms with van der Waals surface area (Å²) in [5.41, 5.74) is -2.07. The Balaban J connectivity index is 0.00000105. The molecule has 2 saturated heterocycles. The van der Waals surface area contributed by atoms with E-state index in [0.29, 0.717) is 13.1 Å². The van der Waals surface area contributed by atoms with Gasteiger partial charge in [-0.3, -0.25) is 9.59 Å². The molecule has 3 N–H and O–H groups in total. The molecule has 0 aromatic rings. The number of carbonyl (C=O) groups excluding carboxylic acids is 6. The highest BCUT2D eigenvalue weighted by Gasteiger charge is 2.71. The first-order valence-corrected chi connectivity index (χ1v) is 19.1. The molecule has 2 aliphatic heterocycles. The van der Waals surface area contributed by atoms with Gasteiger partial charge in [-0.25, -0.2) is 19.2 Å². The molecule has 4 fully saturated rings. The molecule has 14 heteroatoms. The zero-order valence-electron chi connectivity index (χ0n) is 36.1. The van der Waals surface area contributed by atoms with Crippen LogP contribution in [0.15, 0.2) is 0 Å². The summed E-state index contributed by atoms with van der Waals surface area (Å²) in [4.78, 5) is 79.4. The van der Waals surface area contributed by atoms with Crippen LogP contribution in [0.3, 0.4) is 0 Å². The summed E-state index contributed by atoms with van der Waals surface area (Å²) in [5.74, 6) is -0.521. The molecule has 2 aliphatic carbocycles. The van der Waals surface area contributed by atoms with E-state index in [1.165, 1.54) is 14.2 Å². The molecule has 8 atom stereocenters. The van der Waals surface area contributed by atoms with Crippen molar-refractivity contribution in [3.05, 3.63) is 0 Å². The lowest BCUT2D eigenvalue weighted by atomic mass is 9.85. The van der Waals surface area contributed by atoms with Crippen molar-refractivity contribution in [1.82, 2.24) is 25.8 Å². The van der Waals surface area contributed by atoms with Crippen molar-refractivity contribution in [1.29, 1.82) is 0 Å². The highest BCUT2D eigenvalue weighted by atomic mass is 16.6. The second kappa shape index (κ2) is 15.8. The SMILES string of the molecule is C.COC(=O)[C@@H]1[C@@H]2[C@H](CN1C(=O)[C@@H](NC(=O)NC(C)(C)C)C(C)(C)C)C2(C)C.COC(=O)[C@@H]1[C@@H]2[C@H](CN1C(=O)[C@@H](NC(=O)OC(C)(C)C)C(C)(C)C)C2(C)C.[HH].[HH]. The van der Waals surface area contributed by atoms with Crippen molar-refractivity contribution in [3.8, 4) is 0 Å². The summed E-state index contributed by atoms with van der Waals surface area (Å²) >= 11 is 0. The highest BCUT2D eigenvalue weighted by Crippen LogP contribution is 2.66. The van der Waals surface area contributed by atoms with E-state index >= 15 is 0 Å². The first-order valence-electron chi connectivity index (χ1n) is 19.1. The third kappa shape index (κ3) is 10.4. The molecule has 0 bridgehead atoms.